The molecule has 1 N–H and O–H groups in total. The van der Waals surface area contributed by atoms with E-state index in [4.69, 9.17) is 5.11 Å². The van der Waals surface area contributed by atoms with E-state index in [-0.39, 0.29) is 5.56 Å². The zero-order valence-electron chi connectivity index (χ0n) is 10.6. The molecule has 4 nitrogen and oxygen atoms in total. The van der Waals surface area contributed by atoms with E-state index in [2.05, 4.69) is 32.4 Å². The topological polar surface area (TPSA) is 53.4 Å². The van der Waals surface area contributed by atoms with Crippen LogP contribution in [0.2, 0.25) is 0 Å². The molecule has 0 aliphatic carbocycles. The first-order valence-corrected chi connectivity index (χ1v) is 7.28. The fourth-order valence-electron chi connectivity index (χ4n) is 1.86. The lowest BCUT2D eigenvalue weighted by Crippen LogP contribution is -2.18. The Morgan fingerprint density at radius 2 is 2.26 bits per heavy atom. The molecule has 0 radical (unpaired) electrons. The van der Waals surface area contributed by atoms with Gasteiger partial charge in [0.25, 0.3) is 0 Å². The molecule has 0 atom stereocenters. The summed E-state index contributed by atoms with van der Waals surface area (Å²) in [6.45, 7) is 2.61. The average Bonchev–Trinajstić information content (AvgIpc) is 2.74. The SMILES string of the molecule is Cc1cc(C(=O)O)cnc1N(C)Cc1csc(Br)c1. The summed E-state index contributed by atoms with van der Waals surface area (Å²) < 4.78 is 1.10. The Kier molecular flexibility index (Phi) is 4.21. The number of anilines is 1. The van der Waals surface area contributed by atoms with Crippen LogP contribution in [0.4, 0.5) is 5.82 Å². The highest BCUT2D eigenvalue weighted by atomic mass is 79.9. The number of halogens is 1. The number of aryl methyl sites for hydroxylation is 1. The Bertz CT molecular complexity index is 612. The summed E-state index contributed by atoms with van der Waals surface area (Å²) in [6.07, 6.45) is 1.39. The molecule has 0 spiro atoms. The van der Waals surface area contributed by atoms with Gasteiger partial charge in [0.1, 0.15) is 5.82 Å². The number of hydrogen-bond donors (Lipinski definition) is 1. The van der Waals surface area contributed by atoms with Crippen LogP contribution in [0, 0.1) is 6.92 Å². The molecule has 6 heteroatoms. The van der Waals surface area contributed by atoms with Crippen LogP contribution in [0.15, 0.2) is 27.5 Å². The van der Waals surface area contributed by atoms with Gasteiger partial charge in [-0.05, 0) is 51.5 Å². The van der Waals surface area contributed by atoms with Crippen molar-refractivity contribution in [2.75, 3.05) is 11.9 Å². The molecule has 0 saturated heterocycles. The van der Waals surface area contributed by atoms with E-state index in [1.165, 1.54) is 11.8 Å². The van der Waals surface area contributed by atoms with Crippen molar-refractivity contribution in [3.63, 3.8) is 0 Å². The summed E-state index contributed by atoms with van der Waals surface area (Å²) in [5, 5.41) is 11.0. The minimum absolute atomic E-state index is 0.216. The summed E-state index contributed by atoms with van der Waals surface area (Å²) in [6, 6.07) is 3.72. The van der Waals surface area contributed by atoms with E-state index >= 15 is 0 Å². The van der Waals surface area contributed by atoms with Crippen LogP contribution in [-0.2, 0) is 6.54 Å². The number of thiophene rings is 1. The van der Waals surface area contributed by atoms with Gasteiger partial charge >= 0.3 is 5.97 Å². The minimum Gasteiger partial charge on any atom is -0.478 e. The molecule has 0 aromatic carbocycles. The lowest BCUT2D eigenvalue weighted by atomic mass is 10.2. The number of carboxylic acids is 1. The van der Waals surface area contributed by atoms with Crippen molar-refractivity contribution in [3.05, 3.63) is 44.2 Å². The Balaban J connectivity index is 2.19. The normalized spacial score (nSPS) is 10.5. The summed E-state index contributed by atoms with van der Waals surface area (Å²) in [5.41, 5.74) is 2.27. The lowest BCUT2D eigenvalue weighted by molar-refractivity contribution is 0.0696. The summed E-state index contributed by atoms with van der Waals surface area (Å²) >= 11 is 5.08. The molecule has 19 heavy (non-hydrogen) atoms. The van der Waals surface area contributed by atoms with Crippen molar-refractivity contribution < 1.29 is 9.90 Å². The van der Waals surface area contributed by atoms with Gasteiger partial charge in [-0.15, -0.1) is 11.3 Å². The van der Waals surface area contributed by atoms with Crippen molar-refractivity contribution >= 4 is 39.1 Å². The fourth-order valence-corrected chi connectivity index (χ4v) is 3.06. The quantitative estimate of drug-likeness (QED) is 0.924. The molecule has 0 amide bonds. The summed E-state index contributed by atoms with van der Waals surface area (Å²) in [5.74, 6) is -0.154. The zero-order valence-corrected chi connectivity index (χ0v) is 13.0. The predicted molar refractivity (Wildman–Crippen MR) is 80.1 cm³/mol. The van der Waals surface area contributed by atoms with Crippen LogP contribution in [-0.4, -0.2) is 23.1 Å². The lowest BCUT2D eigenvalue weighted by Gasteiger charge is -2.19. The zero-order chi connectivity index (χ0) is 14.0. The number of nitrogens with zero attached hydrogens (tertiary/aromatic N) is 2. The number of rotatable bonds is 4. The maximum absolute atomic E-state index is 10.9. The number of aromatic carboxylic acids is 1. The van der Waals surface area contributed by atoms with Crippen molar-refractivity contribution in [1.29, 1.82) is 0 Å². The third-order valence-electron chi connectivity index (χ3n) is 2.70. The van der Waals surface area contributed by atoms with Gasteiger partial charge in [-0.1, -0.05) is 0 Å². The summed E-state index contributed by atoms with van der Waals surface area (Å²) in [4.78, 5) is 17.1. The minimum atomic E-state index is -0.952. The van der Waals surface area contributed by atoms with Gasteiger partial charge < -0.3 is 10.0 Å². The first kappa shape index (κ1) is 14.0. The second-order valence-corrected chi connectivity index (χ2v) is 6.58. The van der Waals surface area contributed by atoms with Crippen molar-refractivity contribution in [2.45, 2.75) is 13.5 Å². The van der Waals surface area contributed by atoms with Gasteiger partial charge in [0.05, 0.1) is 9.35 Å². The van der Waals surface area contributed by atoms with Crippen molar-refractivity contribution in [2.24, 2.45) is 0 Å². The summed E-state index contributed by atoms with van der Waals surface area (Å²) in [7, 11) is 1.95. The average molecular weight is 341 g/mol. The maximum Gasteiger partial charge on any atom is 0.337 e. The number of carboxylic acid groups (broad SMARTS) is 1. The third-order valence-corrected chi connectivity index (χ3v) is 4.25. The third kappa shape index (κ3) is 3.33. The second-order valence-electron chi connectivity index (χ2n) is 4.28. The van der Waals surface area contributed by atoms with Crippen LogP contribution in [0.5, 0.6) is 0 Å². The van der Waals surface area contributed by atoms with Gasteiger partial charge in [0.2, 0.25) is 0 Å². The molecule has 2 aromatic heterocycles. The van der Waals surface area contributed by atoms with Crippen LogP contribution in [0.25, 0.3) is 0 Å². The highest BCUT2D eigenvalue weighted by molar-refractivity contribution is 9.11. The largest absolute Gasteiger partial charge is 0.478 e. The molecular weight excluding hydrogens is 328 g/mol. The molecule has 2 heterocycles. The molecule has 0 aliphatic heterocycles. The maximum atomic E-state index is 10.9. The van der Waals surface area contributed by atoms with E-state index < -0.39 is 5.97 Å². The van der Waals surface area contributed by atoms with Crippen LogP contribution < -0.4 is 4.90 Å². The van der Waals surface area contributed by atoms with E-state index in [0.29, 0.717) is 0 Å². The number of hydrogen-bond acceptors (Lipinski definition) is 4. The van der Waals surface area contributed by atoms with Gasteiger partial charge in [-0.3, -0.25) is 0 Å². The van der Waals surface area contributed by atoms with Gasteiger partial charge in [-0.25, -0.2) is 9.78 Å². The Labute approximate surface area is 123 Å². The first-order chi connectivity index (χ1) is 8.97. The van der Waals surface area contributed by atoms with E-state index in [9.17, 15) is 4.79 Å². The molecule has 0 unspecified atom stereocenters. The van der Waals surface area contributed by atoms with E-state index in [1.807, 2.05) is 18.9 Å². The Morgan fingerprint density at radius 1 is 1.53 bits per heavy atom. The molecule has 100 valence electrons. The van der Waals surface area contributed by atoms with Crippen molar-refractivity contribution in [3.8, 4) is 0 Å². The van der Waals surface area contributed by atoms with Gasteiger partial charge in [-0.2, -0.15) is 0 Å². The molecule has 0 fully saturated rings. The van der Waals surface area contributed by atoms with Gasteiger partial charge in [0.15, 0.2) is 0 Å². The molecule has 2 rings (SSSR count). The molecule has 0 bridgehead atoms. The monoisotopic (exact) mass is 340 g/mol. The van der Waals surface area contributed by atoms with E-state index in [0.717, 1.165) is 21.7 Å². The Hall–Kier alpha value is -1.40. The standard InChI is InChI=1S/C13H13BrN2O2S/c1-8-3-10(13(17)18)5-15-12(8)16(2)6-9-4-11(14)19-7-9/h3-5,7H,6H2,1-2H3,(H,17,18). The smallest absolute Gasteiger partial charge is 0.337 e. The van der Waals surface area contributed by atoms with Crippen LogP contribution in [0.3, 0.4) is 0 Å². The van der Waals surface area contributed by atoms with Crippen LogP contribution in [0.1, 0.15) is 21.5 Å². The number of aromatic nitrogens is 1. The highest BCUT2D eigenvalue weighted by Crippen LogP contribution is 2.24. The highest BCUT2D eigenvalue weighted by Gasteiger charge is 2.11. The predicted octanol–water partition coefficient (Wildman–Crippen LogP) is 3.55. The fraction of sp³-hybridized carbons (Fsp3) is 0.231. The molecule has 0 aliphatic rings. The van der Waals surface area contributed by atoms with Gasteiger partial charge in [0, 0.05) is 19.8 Å². The second kappa shape index (κ2) is 5.71. The molecule has 0 saturated carbocycles. The molecule has 2 aromatic rings. The Morgan fingerprint density at radius 3 is 2.79 bits per heavy atom. The van der Waals surface area contributed by atoms with Crippen molar-refractivity contribution in [1.82, 2.24) is 4.98 Å². The number of carbonyl (C=O) groups is 1. The molecular formula is C13H13BrN2O2S. The van der Waals surface area contributed by atoms with E-state index in [1.54, 1.807) is 17.4 Å². The van der Waals surface area contributed by atoms with Crippen LogP contribution >= 0.6 is 27.3 Å². The first-order valence-electron chi connectivity index (χ1n) is 5.61. The number of pyridine rings is 1.